The first-order valence-corrected chi connectivity index (χ1v) is 8.53. The van der Waals surface area contributed by atoms with Crippen LogP contribution in [0.2, 0.25) is 0 Å². The van der Waals surface area contributed by atoms with Crippen LogP contribution in [-0.4, -0.2) is 49.4 Å². The fraction of sp³-hybridized carbons (Fsp3) is 0.333. The van der Waals surface area contributed by atoms with E-state index in [9.17, 15) is 9.59 Å². The van der Waals surface area contributed by atoms with Crippen molar-refractivity contribution in [1.29, 1.82) is 0 Å². The third-order valence-corrected chi connectivity index (χ3v) is 4.76. The number of rotatable bonds is 2. The van der Waals surface area contributed by atoms with Crippen molar-refractivity contribution in [1.82, 2.24) is 29.2 Å². The fourth-order valence-electron chi connectivity index (χ4n) is 3.35. The standard InChI is InChI=1S/C18H20N6O2/c1-12-3-6-24-15(9-12)21-10-13(18(24)26)17(25)23-8-4-19-11-14(23)16-20-5-7-22(16)2/h3,5-7,9-10,14,19H,4,8,11H2,1-2H3. The molecule has 1 aliphatic heterocycles. The Labute approximate surface area is 150 Å². The Morgan fingerprint density at radius 1 is 1.31 bits per heavy atom. The third kappa shape index (κ3) is 2.68. The number of nitrogens with one attached hydrogen (secondary N) is 1. The first kappa shape index (κ1) is 16.5. The lowest BCUT2D eigenvalue weighted by Gasteiger charge is -2.35. The molecule has 8 heteroatoms. The van der Waals surface area contributed by atoms with Gasteiger partial charge in [0.1, 0.15) is 23.1 Å². The molecule has 26 heavy (non-hydrogen) atoms. The van der Waals surface area contributed by atoms with Crippen LogP contribution in [-0.2, 0) is 7.05 Å². The molecule has 0 aromatic carbocycles. The van der Waals surface area contributed by atoms with Crippen LogP contribution >= 0.6 is 0 Å². The zero-order valence-electron chi connectivity index (χ0n) is 14.7. The smallest absolute Gasteiger partial charge is 0.270 e. The Morgan fingerprint density at radius 2 is 2.15 bits per heavy atom. The second kappa shape index (κ2) is 6.38. The molecule has 134 valence electrons. The molecule has 0 radical (unpaired) electrons. The predicted molar refractivity (Wildman–Crippen MR) is 96.1 cm³/mol. The Morgan fingerprint density at radius 3 is 2.92 bits per heavy atom. The minimum Gasteiger partial charge on any atom is -0.336 e. The van der Waals surface area contributed by atoms with E-state index in [-0.39, 0.29) is 23.1 Å². The third-order valence-electron chi connectivity index (χ3n) is 4.76. The molecular weight excluding hydrogens is 332 g/mol. The lowest BCUT2D eigenvalue weighted by molar-refractivity contribution is 0.0618. The summed E-state index contributed by atoms with van der Waals surface area (Å²) in [6, 6.07) is 3.41. The number of hydrogen-bond donors (Lipinski definition) is 1. The van der Waals surface area contributed by atoms with Crippen molar-refractivity contribution < 1.29 is 4.79 Å². The van der Waals surface area contributed by atoms with Gasteiger partial charge >= 0.3 is 0 Å². The van der Waals surface area contributed by atoms with Gasteiger partial charge in [-0.3, -0.25) is 14.0 Å². The lowest BCUT2D eigenvalue weighted by atomic mass is 10.1. The van der Waals surface area contributed by atoms with Crippen molar-refractivity contribution in [3.05, 3.63) is 64.2 Å². The van der Waals surface area contributed by atoms with Crippen molar-refractivity contribution in [2.75, 3.05) is 19.6 Å². The highest BCUT2D eigenvalue weighted by molar-refractivity contribution is 5.94. The fourth-order valence-corrected chi connectivity index (χ4v) is 3.35. The largest absolute Gasteiger partial charge is 0.336 e. The maximum Gasteiger partial charge on any atom is 0.270 e. The molecule has 4 rings (SSSR count). The summed E-state index contributed by atoms with van der Waals surface area (Å²) in [5.41, 5.74) is 1.27. The van der Waals surface area contributed by atoms with E-state index in [0.29, 0.717) is 25.3 Å². The Hall–Kier alpha value is -3.00. The molecule has 1 amide bonds. The average Bonchev–Trinajstić information content (AvgIpc) is 3.07. The summed E-state index contributed by atoms with van der Waals surface area (Å²) < 4.78 is 3.31. The molecule has 0 saturated carbocycles. The summed E-state index contributed by atoms with van der Waals surface area (Å²) in [5.74, 6) is 0.474. The van der Waals surface area contributed by atoms with E-state index in [1.165, 1.54) is 10.6 Å². The number of fused-ring (bicyclic) bond motifs is 1. The van der Waals surface area contributed by atoms with E-state index >= 15 is 0 Å². The summed E-state index contributed by atoms with van der Waals surface area (Å²) in [4.78, 5) is 36.4. The van der Waals surface area contributed by atoms with Gasteiger partial charge in [0.2, 0.25) is 0 Å². The molecule has 0 aliphatic carbocycles. The normalized spacial score (nSPS) is 17.6. The molecule has 8 nitrogen and oxygen atoms in total. The molecule has 1 fully saturated rings. The Bertz CT molecular complexity index is 1040. The van der Waals surface area contributed by atoms with Crippen LogP contribution in [0.3, 0.4) is 0 Å². The minimum absolute atomic E-state index is 0.0764. The number of amides is 1. The van der Waals surface area contributed by atoms with Crippen LogP contribution in [0, 0.1) is 6.92 Å². The molecule has 0 spiro atoms. The number of carbonyl (C=O) groups excluding carboxylic acids is 1. The summed E-state index contributed by atoms with van der Waals surface area (Å²) in [6.07, 6.45) is 6.60. The topological polar surface area (TPSA) is 84.5 Å². The molecule has 1 N–H and O–H groups in total. The van der Waals surface area contributed by atoms with Gasteiger partial charge in [0.15, 0.2) is 0 Å². The number of pyridine rings is 1. The highest BCUT2D eigenvalue weighted by atomic mass is 16.2. The maximum absolute atomic E-state index is 13.2. The Kier molecular flexibility index (Phi) is 4.04. The van der Waals surface area contributed by atoms with Crippen molar-refractivity contribution in [2.24, 2.45) is 7.05 Å². The Balaban J connectivity index is 1.75. The van der Waals surface area contributed by atoms with E-state index in [1.807, 2.05) is 36.9 Å². The van der Waals surface area contributed by atoms with Crippen LogP contribution in [0.4, 0.5) is 0 Å². The van der Waals surface area contributed by atoms with Gasteiger partial charge < -0.3 is 14.8 Å². The zero-order chi connectivity index (χ0) is 18.3. The SMILES string of the molecule is Cc1ccn2c(=O)c(C(=O)N3CCNCC3c3nccn3C)cnc2c1. The van der Waals surface area contributed by atoms with Crippen LogP contribution in [0.1, 0.15) is 27.8 Å². The highest BCUT2D eigenvalue weighted by Gasteiger charge is 2.32. The quantitative estimate of drug-likeness (QED) is 0.727. The number of aryl methyl sites for hydroxylation is 2. The molecule has 3 aromatic rings. The minimum atomic E-state index is -0.350. The van der Waals surface area contributed by atoms with Gasteiger partial charge in [-0.25, -0.2) is 9.97 Å². The second-order valence-corrected chi connectivity index (χ2v) is 6.52. The summed E-state index contributed by atoms with van der Waals surface area (Å²) in [7, 11) is 1.90. The molecule has 1 saturated heterocycles. The van der Waals surface area contributed by atoms with Crippen LogP contribution in [0.15, 0.2) is 41.7 Å². The lowest BCUT2D eigenvalue weighted by Crippen LogP contribution is -2.50. The number of nitrogens with zero attached hydrogens (tertiary/aromatic N) is 5. The number of aromatic nitrogens is 4. The van der Waals surface area contributed by atoms with Crippen molar-refractivity contribution >= 4 is 11.6 Å². The van der Waals surface area contributed by atoms with Crippen molar-refractivity contribution in [2.45, 2.75) is 13.0 Å². The summed E-state index contributed by atoms with van der Waals surface area (Å²) in [5, 5.41) is 3.29. The molecule has 4 heterocycles. The zero-order valence-corrected chi connectivity index (χ0v) is 14.7. The van der Waals surface area contributed by atoms with E-state index < -0.39 is 0 Å². The van der Waals surface area contributed by atoms with Gasteiger partial charge in [0.25, 0.3) is 11.5 Å². The number of carbonyl (C=O) groups is 1. The predicted octanol–water partition coefficient (Wildman–Crippen LogP) is 0.523. The van der Waals surface area contributed by atoms with E-state index in [0.717, 1.165) is 11.4 Å². The van der Waals surface area contributed by atoms with Crippen LogP contribution < -0.4 is 10.9 Å². The van der Waals surface area contributed by atoms with Gasteiger partial charge in [0.05, 0.1) is 0 Å². The number of piperazine rings is 1. The van der Waals surface area contributed by atoms with Gasteiger partial charge in [-0.2, -0.15) is 0 Å². The molecule has 3 aromatic heterocycles. The summed E-state index contributed by atoms with van der Waals surface area (Å²) >= 11 is 0. The first-order chi connectivity index (χ1) is 12.6. The average molecular weight is 352 g/mol. The van der Waals surface area contributed by atoms with E-state index in [1.54, 1.807) is 17.3 Å². The van der Waals surface area contributed by atoms with Gasteiger partial charge in [-0.15, -0.1) is 0 Å². The highest BCUT2D eigenvalue weighted by Crippen LogP contribution is 2.22. The molecule has 1 aliphatic rings. The van der Waals surface area contributed by atoms with Crippen LogP contribution in [0.5, 0.6) is 0 Å². The molecule has 1 unspecified atom stereocenters. The molecule has 1 atom stereocenters. The maximum atomic E-state index is 13.2. The van der Waals surface area contributed by atoms with Gasteiger partial charge in [0, 0.05) is 51.5 Å². The van der Waals surface area contributed by atoms with Crippen LogP contribution in [0.25, 0.3) is 5.65 Å². The molecular formula is C18H20N6O2. The monoisotopic (exact) mass is 352 g/mol. The van der Waals surface area contributed by atoms with Crippen molar-refractivity contribution in [3.63, 3.8) is 0 Å². The number of imidazole rings is 1. The summed E-state index contributed by atoms with van der Waals surface area (Å²) in [6.45, 7) is 3.71. The first-order valence-electron chi connectivity index (χ1n) is 8.53. The second-order valence-electron chi connectivity index (χ2n) is 6.52. The molecule has 0 bridgehead atoms. The van der Waals surface area contributed by atoms with Gasteiger partial charge in [-0.1, -0.05) is 0 Å². The van der Waals surface area contributed by atoms with E-state index in [2.05, 4.69) is 15.3 Å². The van der Waals surface area contributed by atoms with Crippen molar-refractivity contribution in [3.8, 4) is 0 Å². The van der Waals surface area contributed by atoms with Gasteiger partial charge in [-0.05, 0) is 24.6 Å². The van der Waals surface area contributed by atoms with E-state index in [4.69, 9.17) is 0 Å². The number of hydrogen-bond acceptors (Lipinski definition) is 5.